The number of carbonyl (C=O) groups is 2. The van der Waals surface area contributed by atoms with E-state index in [1.165, 1.54) is 19.2 Å². The minimum Gasteiger partial charge on any atom is -0.495 e. The fourth-order valence-electron chi connectivity index (χ4n) is 3.61. The third kappa shape index (κ3) is 4.18. The summed E-state index contributed by atoms with van der Waals surface area (Å²) in [5, 5.41) is 6.89. The van der Waals surface area contributed by atoms with Crippen LogP contribution >= 0.6 is 0 Å². The Labute approximate surface area is 179 Å². The molecule has 0 radical (unpaired) electrons. The molecule has 158 valence electrons. The molecule has 4 rings (SSSR count). The molecule has 0 saturated heterocycles. The first-order valence-electron chi connectivity index (χ1n) is 9.88. The SMILES string of the molecule is COc1ccc(C)cc1NC(=O)Cn1nc(C(=O)N2CCc3ccccc32)ccc1=O. The molecule has 0 spiro atoms. The van der Waals surface area contributed by atoms with Crippen LogP contribution in [0.3, 0.4) is 0 Å². The number of carbonyl (C=O) groups excluding carboxylic acids is 2. The predicted octanol–water partition coefficient (Wildman–Crippen LogP) is 2.40. The van der Waals surface area contributed by atoms with Gasteiger partial charge >= 0.3 is 0 Å². The van der Waals surface area contributed by atoms with Gasteiger partial charge in [-0.25, -0.2) is 4.68 Å². The Morgan fingerprint density at radius 1 is 1.13 bits per heavy atom. The van der Waals surface area contributed by atoms with Gasteiger partial charge < -0.3 is 15.0 Å². The minimum absolute atomic E-state index is 0.109. The lowest BCUT2D eigenvalue weighted by Crippen LogP contribution is -2.34. The Balaban J connectivity index is 1.54. The first-order valence-corrected chi connectivity index (χ1v) is 9.88. The van der Waals surface area contributed by atoms with Crippen molar-refractivity contribution in [3.05, 3.63) is 81.8 Å². The molecule has 0 saturated carbocycles. The molecule has 0 unspecified atom stereocenters. The van der Waals surface area contributed by atoms with E-state index in [2.05, 4.69) is 10.4 Å². The summed E-state index contributed by atoms with van der Waals surface area (Å²) in [7, 11) is 1.51. The van der Waals surface area contributed by atoms with E-state index in [1.54, 1.807) is 17.0 Å². The number of para-hydroxylation sites is 1. The number of hydrogen-bond acceptors (Lipinski definition) is 5. The number of fused-ring (bicyclic) bond motifs is 1. The maximum atomic E-state index is 13.0. The van der Waals surface area contributed by atoms with Gasteiger partial charge in [0.05, 0.1) is 12.8 Å². The van der Waals surface area contributed by atoms with Crippen molar-refractivity contribution < 1.29 is 14.3 Å². The van der Waals surface area contributed by atoms with Crippen LogP contribution in [0.15, 0.2) is 59.4 Å². The lowest BCUT2D eigenvalue weighted by atomic mass is 10.2. The normalized spacial score (nSPS) is 12.4. The molecule has 31 heavy (non-hydrogen) atoms. The zero-order chi connectivity index (χ0) is 22.0. The van der Waals surface area contributed by atoms with E-state index in [0.717, 1.165) is 27.9 Å². The minimum atomic E-state index is -0.468. The molecule has 1 aliphatic rings. The summed E-state index contributed by atoms with van der Waals surface area (Å²) in [6.45, 7) is 2.12. The molecule has 0 aliphatic carbocycles. The average molecular weight is 418 g/mol. The summed E-state index contributed by atoms with van der Waals surface area (Å²) >= 11 is 0. The van der Waals surface area contributed by atoms with Gasteiger partial charge in [-0.05, 0) is 48.7 Å². The largest absolute Gasteiger partial charge is 0.495 e. The van der Waals surface area contributed by atoms with Crippen molar-refractivity contribution in [3.63, 3.8) is 0 Å². The van der Waals surface area contributed by atoms with Crippen LogP contribution in [-0.2, 0) is 17.8 Å². The number of methoxy groups -OCH3 is 1. The molecule has 2 heterocycles. The number of nitrogens with zero attached hydrogens (tertiary/aromatic N) is 3. The summed E-state index contributed by atoms with van der Waals surface area (Å²) in [5.74, 6) is -0.245. The Morgan fingerprint density at radius 3 is 2.74 bits per heavy atom. The second-order valence-electron chi connectivity index (χ2n) is 7.30. The van der Waals surface area contributed by atoms with E-state index < -0.39 is 11.5 Å². The first kappa shape index (κ1) is 20.3. The van der Waals surface area contributed by atoms with Crippen molar-refractivity contribution in [3.8, 4) is 5.75 Å². The number of anilines is 2. The molecule has 1 aromatic heterocycles. The van der Waals surface area contributed by atoms with Crippen LogP contribution < -0.4 is 20.5 Å². The van der Waals surface area contributed by atoms with Crippen molar-refractivity contribution in [2.45, 2.75) is 19.9 Å². The summed E-state index contributed by atoms with van der Waals surface area (Å²) in [6.07, 6.45) is 0.766. The second-order valence-corrected chi connectivity index (χ2v) is 7.30. The second kappa shape index (κ2) is 8.43. The highest BCUT2D eigenvalue weighted by molar-refractivity contribution is 6.06. The number of hydrogen-bond donors (Lipinski definition) is 1. The lowest BCUT2D eigenvalue weighted by molar-refractivity contribution is -0.117. The summed E-state index contributed by atoms with van der Waals surface area (Å²) in [4.78, 5) is 39.4. The van der Waals surface area contributed by atoms with Gasteiger partial charge in [-0.15, -0.1) is 0 Å². The molecule has 3 aromatic rings. The fourth-order valence-corrected chi connectivity index (χ4v) is 3.61. The number of rotatable bonds is 5. The van der Waals surface area contributed by atoms with Crippen LogP contribution in [0.5, 0.6) is 5.75 Å². The molecule has 2 aromatic carbocycles. The molecule has 1 N–H and O–H groups in total. The van der Waals surface area contributed by atoms with E-state index in [-0.39, 0.29) is 18.1 Å². The van der Waals surface area contributed by atoms with Crippen LogP contribution in [0.1, 0.15) is 21.6 Å². The van der Waals surface area contributed by atoms with Crippen molar-refractivity contribution >= 4 is 23.2 Å². The van der Waals surface area contributed by atoms with E-state index in [1.807, 2.05) is 37.3 Å². The third-order valence-electron chi connectivity index (χ3n) is 5.14. The van der Waals surface area contributed by atoms with Crippen LogP contribution in [0, 0.1) is 6.92 Å². The Bertz CT molecular complexity index is 1220. The van der Waals surface area contributed by atoms with Gasteiger partial charge in [-0.2, -0.15) is 5.10 Å². The number of ether oxygens (including phenoxy) is 1. The van der Waals surface area contributed by atoms with Gasteiger partial charge in [0.1, 0.15) is 18.0 Å². The van der Waals surface area contributed by atoms with E-state index >= 15 is 0 Å². The first-order chi connectivity index (χ1) is 15.0. The van der Waals surface area contributed by atoms with Crippen LogP contribution in [-0.4, -0.2) is 35.2 Å². The van der Waals surface area contributed by atoms with E-state index in [0.29, 0.717) is 18.0 Å². The van der Waals surface area contributed by atoms with Gasteiger partial charge in [0.15, 0.2) is 0 Å². The fraction of sp³-hybridized carbons (Fsp3) is 0.217. The summed E-state index contributed by atoms with van der Waals surface area (Å²) < 4.78 is 6.26. The van der Waals surface area contributed by atoms with Gasteiger partial charge in [0.25, 0.3) is 11.5 Å². The highest BCUT2D eigenvalue weighted by atomic mass is 16.5. The topological polar surface area (TPSA) is 93.5 Å². The van der Waals surface area contributed by atoms with E-state index in [4.69, 9.17) is 4.74 Å². The van der Waals surface area contributed by atoms with Gasteiger partial charge in [0, 0.05) is 18.3 Å². The monoisotopic (exact) mass is 418 g/mol. The van der Waals surface area contributed by atoms with Crippen LogP contribution in [0.4, 0.5) is 11.4 Å². The molecule has 0 fully saturated rings. The maximum Gasteiger partial charge on any atom is 0.278 e. The molecule has 0 bridgehead atoms. The van der Waals surface area contributed by atoms with Crippen molar-refractivity contribution in [1.29, 1.82) is 0 Å². The highest BCUT2D eigenvalue weighted by Gasteiger charge is 2.26. The summed E-state index contributed by atoms with van der Waals surface area (Å²) in [5.41, 5.74) is 3.03. The molecular weight excluding hydrogens is 396 g/mol. The highest BCUT2D eigenvalue weighted by Crippen LogP contribution is 2.28. The number of aromatic nitrogens is 2. The standard InChI is InChI=1S/C23H22N4O4/c1-15-7-9-20(31-2)18(13-15)24-21(28)14-27-22(29)10-8-17(25-27)23(30)26-12-11-16-5-3-4-6-19(16)26/h3-10,13H,11-12,14H2,1-2H3,(H,24,28). The lowest BCUT2D eigenvalue weighted by Gasteiger charge is -2.17. The maximum absolute atomic E-state index is 13.0. The summed E-state index contributed by atoms with van der Waals surface area (Å²) in [6, 6.07) is 15.7. The van der Waals surface area contributed by atoms with Crippen LogP contribution in [0.25, 0.3) is 0 Å². The zero-order valence-corrected chi connectivity index (χ0v) is 17.3. The Morgan fingerprint density at radius 2 is 1.94 bits per heavy atom. The zero-order valence-electron chi connectivity index (χ0n) is 17.3. The molecule has 1 aliphatic heterocycles. The molecule has 8 heteroatoms. The quantitative estimate of drug-likeness (QED) is 0.687. The molecule has 2 amide bonds. The predicted molar refractivity (Wildman–Crippen MR) is 117 cm³/mol. The van der Waals surface area contributed by atoms with Gasteiger partial charge in [0.2, 0.25) is 5.91 Å². The number of amides is 2. The smallest absolute Gasteiger partial charge is 0.278 e. The molecule has 8 nitrogen and oxygen atoms in total. The van der Waals surface area contributed by atoms with Crippen molar-refractivity contribution in [2.75, 3.05) is 23.9 Å². The Kier molecular flexibility index (Phi) is 5.53. The van der Waals surface area contributed by atoms with Crippen LogP contribution in [0.2, 0.25) is 0 Å². The molecule has 0 atom stereocenters. The number of aryl methyl sites for hydroxylation is 1. The number of benzene rings is 2. The number of nitrogens with one attached hydrogen (secondary N) is 1. The Hall–Kier alpha value is -3.94. The average Bonchev–Trinajstić information content (AvgIpc) is 3.19. The van der Waals surface area contributed by atoms with Gasteiger partial charge in [-0.1, -0.05) is 24.3 Å². The molecular formula is C23H22N4O4. The van der Waals surface area contributed by atoms with E-state index in [9.17, 15) is 14.4 Å². The van der Waals surface area contributed by atoms with Crippen molar-refractivity contribution in [2.24, 2.45) is 0 Å². The van der Waals surface area contributed by atoms with Gasteiger partial charge in [-0.3, -0.25) is 14.4 Å². The van der Waals surface area contributed by atoms with Crippen molar-refractivity contribution in [1.82, 2.24) is 9.78 Å². The third-order valence-corrected chi connectivity index (χ3v) is 5.14.